The fourth-order valence-corrected chi connectivity index (χ4v) is 3.88. The van der Waals surface area contributed by atoms with E-state index in [0.29, 0.717) is 38.4 Å². The molecule has 1 aliphatic heterocycles. The van der Waals surface area contributed by atoms with Crippen LogP contribution in [-0.2, 0) is 27.4 Å². The first-order valence-electron chi connectivity index (χ1n) is 10.8. The van der Waals surface area contributed by atoms with Crippen LogP contribution in [0.15, 0.2) is 76.4 Å². The van der Waals surface area contributed by atoms with E-state index in [9.17, 15) is 9.59 Å². The van der Waals surface area contributed by atoms with E-state index < -0.39 is 11.9 Å². The molecule has 2 heterocycles. The van der Waals surface area contributed by atoms with E-state index in [4.69, 9.17) is 14.2 Å². The van der Waals surface area contributed by atoms with Crippen LogP contribution in [0.2, 0.25) is 0 Å². The molecule has 1 fully saturated rings. The summed E-state index contributed by atoms with van der Waals surface area (Å²) in [6.07, 6.45) is 1.45. The Hall–Kier alpha value is -3.00. The second-order valence-corrected chi connectivity index (χ2v) is 8.11. The Morgan fingerprint density at radius 2 is 1.53 bits per heavy atom. The summed E-state index contributed by atoms with van der Waals surface area (Å²) in [5, 5.41) is 0. The van der Waals surface area contributed by atoms with Gasteiger partial charge in [-0.1, -0.05) is 60.7 Å². The van der Waals surface area contributed by atoms with Gasteiger partial charge in [0.1, 0.15) is 6.23 Å². The average molecular weight is 437 g/mol. The lowest BCUT2D eigenvalue weighted by Gasteiger charge is -2.19. The summed E-state index contributed by atoms with van der Waals surface area (Å²) in [7, 11) is 0. The molecule has 7 nitrogen and oxygen atoms in total. The van der Waals surface area contributed by atoms with E-state index >= 15 is 0 Å². The van der Waals surface area contributed by atoms with Crippen LogP contribution < -0.4 is 11.2 Å². The number of hydrogen-bond donors (Lipinski definition) is 1. The molecule has 1 N–H and O–H groups in total. The summed E-state index contributed by atoms with van der Waals surface area (Å²) in [6.45, 7) is 3.55. The third kappa shape index (κ3) is 5.62. The Kier molecular flexibility index (Phi) is 7.32. The van der Waals surface area contributed by atoms with E-state index in [2.05, 4.69) is 4.98 Å². The van der Waals surface area contributed by atoms with Crippen LogP contribution in [0.1, 0.15) is 29.3 Å². The van der Waals surface area contributed by atoms with Gasteiger partial charge in [0, 0.05) is 24.1 Å². The number of ether oxygens (including phenoxy) is 3. The smallest absolute Gasteiger partial charge is 0.330 e. The molecule has 3 atom stereocenters. The maximum Gasteiger partial charge on any atom is 0.330 e. The van der Waals surface area contributed by atoms with Crippen LogP contribution in [0.3, 0.4) is 0 Å². The lowest BCUT2D eigenvalue weighted by Crippen LogP contribution is -2.33. The molecule has 32 heavy (non-hydrogen) atoms. The number of nitrogens with one attached hydrogen (secondary N) is 1. The van der Waals surface area contributed by atoms with Crippen molar-refractivity contribution >= 4 is 0 Å². The zero-order chi connectivity index (χ0) is 22.3. The fraction of sp³-hybridized carbons (Fsp3) is 0.360. The largest absolute Gasteiger partial charge is 0.376 e. The molecule has 2 aromatic carbocycles. The van der Waals surface area contributed by atoms with E-state index in [1.807, 2.05) is 60.7 Å². The Morgan fingerprint density at radius 3 is 2.16 bits per heavy atom. The summed E-state index contributed by atoms with van der Waals surface area (Å²) in [6, 6.07) is 20.0. The van der Waals surface area contributed by atoms with Crippen LogP contribution in [-0.4, -0.2) is 28.9 Å². The topological polar surface area (TPSA) is 82.6 Å². The van der Waals surface area contributed by atoms with Crippen molar-refractivity contribution in [3.05, 3.63) is 104 Å². The molecule has 0 radical (unpaired) electrons. The van der Waals surface area contributed by atoms with Crippen molar-refractivity contribution in [3.8, 4) is 0 Å². The zero-order valence-electron chi connectivity index (χ0n) is 18.1. The molecular weight excluding hydrogens is 408 g/mol. The molecule has 1 aromatic heterocycles. The Labute approximate surface area is 186 Å². The molecule has 168 valence electrons. The van der Waals surface area contributed by atoms with Gasteiger partial charge in [-0.15, -0.1) is 0 Å². The molecule has 0 unspecified atom stereocenters. The quantitative estimate of drug-likeness (QED) is 0.557. The third-order valence-electron chi connectivity index (χ3n) is 5.66. The molecule has 1 saturated heterocycles. The monoisotopic (exact) mass is 436 g/mol. The highest BCUT2D eigenvalue weighted by Gasteiger charge is 2.37. The molecule has 7 heteroatoms. The first-order chi connectivity index (χ1) is 15.6. The maximum atomic E-state index is 12.4. The molecular formula is C25H28N2O5. The first kappa shape index (κ1) is 22.2. The van der Waals surface area contributed by atoms with Crippen LogP contribution in [0.5, 0.6) is 0 Å². The van der Waals surface area contributed by atoms with Gasteiger partial charge < -0.3 is 14.2 Å². The predicted octanol–water partition coefficient (Wildman–Crippen LogP) is 3.18. The molecule has 1 aliphatic rings. The van der Waals surface area contributed by atoms with Crippen molar-refractivity contribution < 1.29 is 14.2 Å². The normalized spacial score (nSPS) is 20.5. The Bertz CT molecular complexity index is 1060. The van der Waals surface area contributed by atoms with E-state index in [-0.39, 0.29) is 17.6 Å². The van der Waals surface area contributed by atoms with Gasteiger partial charge >= 0.3 is 5.69 Å². The minimum atomic E-state index is -0.478. The van der Waals surface area contributed by atoms with Crippen LogP contribution in [0, 0.1) is 12.8 Å². The number of aromatic nitrogens is 2. The van der Waals surface area contributed by atoms with Crippen molar-refractivity contribution in [1.82, 2.24) is 9.55 Å². The SMILES string of the molecule is Cc1cn([C@H]2C[C@H](COCc3ccccc3)[C@@H](COCc3ccccc3)O2)c(=O)[nH]c1=O. The van der Waals surface area contributed by atoms with Crippen molar-refractivity contribution in [3.63, 3.8) is 0 Å². The molecule has 0 amide bonds. The van der Waals surface area contributed by atoms with Gasteiger partial charge in [0.2, 0.25) is 0 Å². The number of H-pyrrole nitrogens is 1. The zero-order valence-corrected chi connectivity index (χ0v) is 18.1. The van der Waals surface area contributed by atoms with Crippen LogP contribution in [0.4, 0.5) is 0 Å². The third-order valence-corrected chi connectivity index (χ3v) is 5.66. The molecule has 0 bridgehead atoms. The van der Waals surface area contributed by atoms with E-state index in [0.717, 1.165) is 11.1 Å². The molecule has 0 aliphatic carbocycles. The number of nitrogens with zero attached hydrogens (tertiary/aromatic N) is 1. The van der Waals surface area contributed by atoms with Crippen molar-refractivity contribution in [1.29, 1.82) is 0 Å². The number of benzene rings is 2. The van der Waals surface area contributed by atoms with Gasteiger partial charge in [0.15, 0.2) is 0 Å². The summed E-state index contributed by atoms with van der Waals surface area (Å²) < 4.78 is 19.6. The fourth-order valence-electron chi connectivity index (χ4n) is 3.88. The summed E-state index contributed by atoms with van der Waals surface area (Å²) in [5.74, 6) is 0.0543. The molecule has 4 rings (SSSR count). The number of rotatable bonds is 9. The van der Waals surface area contributed by atoms with Crippen LogP contribution >= 0.6 is 0 Å². The van der Waals surface area contributed by atoms with Gasteiger partial charge in [-0.2, -0.15) is 0 Å². The van der Waals surface area contributed by atoms with E-state index in [1.165, 1.54) is 4.57 Å². The minimum Gasteiger partial charge on any atom is -0.376 e. The van der Waals surface area contributed by atoms with E-state index in [1.54, 1.807) is 13.1 Å². The van der Waals surface area contributed by atoms with Gasteiger partial charge in [-0.05, 0) is 18.1 Å². The molecule has 0 spiro atoms. The molecule has 0 saturated carbocycles. The molecule has 3 aromatic rings. The second kappa shape index (κ2) is 10.5. The lowest BCUT2D eigenvalue weighted by molar-refractivity contribution is -0.0623. The predicted molar refractivity (Wildman–Crippen MR) is 120 cm³/mol. The minimum absolute atomic E-state index is 0.0543. The number of hydrogen-bond acceptors (Lipinski definition) is 5. The van der Waals surface area contributed by atoms with Gasteiger partial charge in [0.25, 0.3) is 5.56 Å². The van der Waals surface area contributed by atoms with Crippen molar-refractivity contribution in [2.75, 3.05) is 13.2 Å². The number of aromatic amines is 1. The highest BCUT2D eigenvalue weighted by atomic mass is 16.6. The highest BCUT2D eigenvalue weighted by molar-refractivity contribution is 5.14. The summed E-state index contributed by atoms with van der Waals surface area (Å²) in [5.41, 5.74) is 1.81. The standard InChI is InChI=1S/C25H28N2O5/c1-18-13-27(25(29)26-24(18)28)23-12-21(16-30-14-19-8-4-2-5-9-19)22(32-23)17-31-15-20-10-6-3-7-11-20/h2-11,13,21-23H,12,14-17H2,1H3,(H,26,28,29)/t21-,22-,23-/m1/s1. The highest BCUT2D eigenvalue weighted by Crippen LogP contribution is 2.33. The lowest BCUT2D eigenvalue weighted by atomic mass is 10.0. The average Bonchev–Trinajstić information content (AvgIpc) is 3.20. The second-order valence-electron chi connectivity index (χ2n) is 8.11. The van der Waals surface area contributed by atoms with Crippen molar-refractivity contribution in [2.45, 2.75) is 38.9 Å². The summed E-state index contributed by atoms with van der Waals surface area (Å²) >= 11 is 0. The van der Waals surface area contributed by atoms with Gasteiger partial charge in [0.05, 0.1) is 32.5 Å². The summed E-state index contributed by atoms with van der Waals surface area (Å²) in [4.78, 5) is 26.4. The van der Waals surface area contributed by atoms with Gasteiger partial charge in [-0.3, -0.25) is 14.3 Å². The van der Waals surface area contributed by atoms with Crippen molar-refractivity contribution in [2.24, 2.45) is 5.92 Å². The Balaban J connectivity index is 1.42. The van der Waals surface area contributed by atoms with Gasteiger partial charge in [-0.25, -0.2) is 4.79 Å². The number of aryl methyl sites for hydroxylation is 1. The first-order valence-corrected chi connectivity index (χ1v) is 10.8. The Morgan fingerprint density at radius 1 is 0.938 bits per heavy atom. The maximum absolute atomic E-state index is 12.4. The van der Waals surface area contributed by atoms with Crippen LogP contribution in [0.25, 0.3) is 0 Å².